The van der Waals surface area contributed by atoms with Gasteiger partial charge in [-0.3, -0.25) is 4.79 Å². The maximum atomic E-state index is 8.36. The number of carboxylic acid groups (broad SMARTS) is 1. The minimum atomic E-state index is -0.250. The van der Waals surface area contributed by atoms with Crippen LogP contribution < -0.4 is 5.32 Å². The fraction of sp³-hybridized carbons (Fsp3) is 0.190. The highest BCUT2D eigenvalue weighted by molar-refractivity contribution is 5.64. The largest absolute Gasteiger partial charge is 0.483 e. The topological polar surface area (TPSA) is 105 Å². The zero-order chi connectivity index (χ0) is 21.2. The predicted octanol–water partition coefficient (Wildman–Crippen LogP) is 4.27. The molecule has 8 heteroatoms. The Hall–Kier alpha value is -3.81. The van der Waals surface area contributed by atoms with Gasteiger partial charge in [-0.1, -0.05) is 31.5 Å². The molecule has 0 amide bonds. The van der Waals surface area contributed by atoms with Crippen LogP contribution in [0.4, 0.5) is 11.6 Å². The molecule has 0 radical (unpaired) electrons. The Kier molecular flexibility index (Phi) is 7.78. The van der Waals surface area contributed by atoms with Gasteiger partial charge in [0.1, 0.15) is 5.69 Å². The molecule has 3 aromatic heterocycles. The summed E-state index contributed by atoms with van der Waals surface area (Å²) in [7, 11) is 0. The molecule has 1 aromatic carbocycles. The number of hydrogen-bond donors (Lipinski definition) is 2. The molecule has 0 saturated carbocycles. The third kappa shape index (κ3) is 5.35. The summed E-state index contributed by atoms with van der Waals surface area (Å²) >= 11 is 0. The number of anilines is 2. The van der Waals surface area contributed by atoms with E-state index < -0.39 is 0 Å². The van der Waals surface area contributed by atoms with Crippen molar-refractivity contribution >= 4 is 23.8 Å². The fourth-order valence-electron chi connectivity index (χ4n) is 2.61. The van der Waals surface area contributed by atoms with Crippen molar-refractivity contribution in [3.63, 3.8) is 0 Å². The first-order chi connectivity index (χ1) is 14.1. The van der Waals surface area contributed by atoms with Gasteiger partial charge in [0, 0.05) is 18.1 Å². The van der Waals surface area contributed by atoms with Crippen LogP contribution in [0.5, 0.6) is 0 Å². The molecule has 0 aliphatic heterocycles. The van der Waals surface area contributed by atoms with Crippen molar-refractivity contribution in [2.75, 3.05) is 5.32 Å². The van der Waals surface area contributed by atoms with Gasteiger partial charge < -0.3 is 10.4 Å². The van der Waals surface area contributed by atoms with Crippen LogP contribution >= 0.6 is 0 Å². The number of nitrogens with zero attached hydrogens (tertiary/aromatic N) is 5. The monoisotopic (exact) mass is 392 g/mol. The summed E-state index contributed by atoms with van der Waals surface area (Å²) in [4.78, 5) is 21.8. The summed E-state index contributed by atoms with van der Waals surface area (Å²) in [6.45, 7) is 7.76. The molecule has 0 bridgehead atoms. The van der Waals surface area contributed by atoms with Gasteiger partial charge in [-0.2, -0.15) is 5.10 Å². The number of rotatable bonds is 3. The van der Waals surface area contributed by atoms with Gasteiger partial charge in [0.25, 0.3) is 6.47 Å². The van der Waals surface area contributed by atoms with Gasteiger partial charge in [0.05, 0.1) is 11.4 Å². The highest BCUT2D eigenvalue weighted by Crippen LogP contribution is 2.23. The minimum Gasteiger partial charge on any atom is -0.483 e. The lowest BCUT2D eigenvalue weighted by Crippen LogP contribution is -2.00. The van der Waals surface area contributed by atoms with Crippen LogP contribution in [-0.4, -0.2) is 36.1 Å². The van der Waals surface area contributed by atoms with Crippen molar-refractivity contribution in [3.05, 3.63) is 66.1 Å². The van der Waals surface area contributed by atoms with E-state index in [2.05, 4.69) is 32.3 Å². The highest BCUT2D eigenvalue weighted by Gasteiger charge is 2.13. The zero-order valence-corrected chi connectivity index (χ0v) is 16.9. The Balaban J connectivity index is 0.000000551. The number of nitrogens with one attached hydrogen (secondary N) is 1. The summed E-state index contributed by atoms with van der Waals surface area (Å²) in [5, 5.41) is 14.5. The molecule has 0 aliphatic rings. The van der Waals surface area contributed by atoms with E-state index in [0.717, 1.165) is 28.4 Å². The summed E-state index contributed by atoms with van der Waals surface area (Å²) in [6, 6.07) is 13.8. The van der Waals surface area contributed by atoms with E-state index in [1.165, 1.54) is 5.56 Å². The average Bonchev–Trinajstić information content (AvgIpc) is 3.08. The Labute approximate surface area is 169 Å². The maximum absolute atomic E-state index is 8.36. The van der Waals surface area contributed by atoms with E-state index >= 15 is 0 Å². The van der Waals surface area contributed by atoms with Crippen LogP contribution in [0.2, 0.25) is 0 Å². The van der Waals surface area contributed by atoms with Crippen molar-refractivity contribution in [3.8, 4) is 11.4 Å². The molecule has 4 rings (SSSR count). The summed E-state index contributed by atoms with van der Waals surface area (Å²) in [5.41, 5.74) is 5.50. The molecule has 0 saturated heterocycles. The molecule has 2 N–H and O–H groups in total. The van der Waals surface area contributed by atoms with Crippen LogP contribution in [0.3, 0.4) is 0 Å². The van der Waals surface area contributed by atoms with Crippen molar-refractivity contribution in [2.24, 2.45) is 0 Å². The van der Waals surface area contributed by atoms with Gasteiger partial charge >= 0.3 is 0 Å². The molecule has 150 valence electrons. The zero-order valence-electron chi connectivity index (χ0n) is 16.9. The number of imidazole rings is 1. The van der Waals surface area contributed by atoms with Crippen molar-refractivity contribution in [1.82, 2.24) is 24.6 Å². The molecule has 0 aliphatic carbocycles. The quantitative estimate of drug-likeness (QED) is 0.501. The predicted molar refractivity (Wildman–Crippen MR) is 113 cm³/mol. The molecule has 0 fully saturated rings. The van der Waals surface area contributed by atoms with E-state index in [4.69, 9.17) is 9.90 Å². The molecule has 0 atom stereocenters. The maximum Gasteiger partial charge on any atom is 0.290 e. The lowest BCUT2D eigenvalue weighted by atomic mass is 10.2. The van der Waals surface area contributed by atoms with Crippen molar-refractivity contribution in [2.45, 2.75) is 27.7 Å². The molecule has 0 unspecified atom stereocenters. The molecule has 8 nitrogen and oxygen atoms in total. The Bertz CT molecular complexity index is 1060. The first kappa shape index (κ1) is 21.5. The number of hydrogen-bond acceptors (Lipinski definition) is 6. The Morgan fingerprint density at radius 3 is 2.38 bits per heavy atom. The third-order valence-corrected chi connectivity index (χ3v) is 3.77. The fourth-order valence-corrected chi connectivity index (χ4v) is 2.61. The second-order valence-electron chi connectivity index (χ2n) is 5.70. The molecule has 4 aromatic rings. The van der Waals surface area contributed by atoms with Crippen molar-refractivity contribution in [1.29, 1.82) is 0 Å². The van der Waals surface area contributed by atoms with Crippen LogP contribution in [0.15, 0.2) is 54.9 Å². The summed E-state index contributed by atoms with van der Waals surface area (Å²) < 4.78 is 1.80. The van der Waals surface area contributed by atoms with E-state index in [0.29, 0.717) is 5.95 Å². The van der Waals surface area contributed by atoms with Crippen molar-refractivity contribution < 1.29 is 9.90 Å². The minimum absolute atomic E-state index is 0.250. The van der Waals surface area contributed by atoms with E-state index in [9.17, 15) is 0 Å². The Morgan fingerprint density at radius 1 is 1.00 bits per heavy atom. The first-order valence-electron chi connectivity index (χ1n) is 9.17. The van der Waals surface area contributed by atoms with Crippen LogP contribution in [0.1, 0.15) is 25.1 Å². The number of aryl methyl sites for hydroxylation is 2. The van der Waals surface area contributed by atoms with Gasteiger partial charge in [0.15, 0.2) is 5.65 Å². The SMILES string of the molecule is CC.Cc1ccc(Nc2nccc(-c3c(C)nc4cccnn34)n2)cc1.O=CO. The summed E-state index contributed by atoms with van der Waals surface area (Å²) in [5.74, 6) is 0.543. The number of carbonyl (C=O) groups is 1. The average molecular weight is 392 g/mol. The second kappa shape index (κ2) is 10.5. The van der Waals surface area contributed by atoms with Crippen LogP contribution in [-0.2, 0) is 4.79 Å². The Morgan fingerprint density at radius 2 is 1.69 bits per heavy atom. The van der Waals surface area contributed by atoms with Gasteiger partial charge in [-0.25, -0.2) is 19.5 Å². The standard InChI is InChI=1S/C18H16N6.C2H6.CH2O2/c1-12-5-7-14(8-6-12)22-18-19-11-9-15(23-18)17-13(2)21-16-4-3-10-20-24(16)17;1-2;2-1-3/h3-11H,1-2H3,(H,19,22,23);1-2H3;1H,(H,2,3). The van der Waals surface area contributed by atoms with Gasteiger partial charge in [0.2, 0.25) is 5.95 Å². The van der Waals surface area contributed by atoms with Crippen LogP contribution in [0.25, 0.3) is 17.0 Å². The molecule has 0 spiro atoms. The normalized spacial score (nSPS) is 9.66. The third-order valence-electron chi connectivity index (χ3n) is 3.77. The first-order valence-corrected chi connectivity index (χ1v) is 9.17. The molecule has 29 heavy (non-hydrogen) atoms. The number of fused-ring (bicyclic) bond motifs is 1. The number of benzene rings is 1. The van der Waals surface area contributed by atoms with Crippen LogP contribution in [0, 0.1) is 13.8 Å². The van der Waals surface area contributed by atoms with Gasteiger partial charge in [-0.15, -0.1) is 0 Å². The molecular formula is C21H24N6O2. The molecule has 3 heterocycles. The lowest BCUT2D eigenvalue weighted by molar-refractivity contribution is -0.122. The second-order valence-corrected chi connectivity index (χ2v) is 5.70. The molecular weight excluding hydrogens is 368 g/mol. The highest BCUT2D eigenvalue weighted by atomic mass is 16.3. The van der Waals surface area contributed by atoms with E-state index in [1.54, 1.807) is 16.9 Å². The van der Waals surface area contributed by atoms with Gasteiger partial charge in [-0.05, 0) is 44.2 Å². The van der Waals surface area contributed by atoms with E-state index in [1.807, 2.05) is 63.2 Å². The lowest BCUT2D eigenvalue weighted by Gasteiger charge is -2.07. The smallest absolute Gasteiger partial charge is 0.290 e. The van der Waals surface area contributed by atoms with E-state index in [-0.39, 0.29) is 6.47 Å². The number of aromatic nitrogens is 5. The summed E-state index contributed by atoms with van der Waals surface area (Å²) in [6.07, 6.45) is 3.48.